The van der Waals surface area contributed by atoms with Gasteiger partial charge in [0, 0.05) is 11.6 Å². The van der Waals surface area contributed by atoms with Crippen LogP contribution in [0.3, 0.4) is 0 Å². The molecular formula is C14H17ClN2O2. The predicted octanol–water partition coefficient (Wildman–Crippen LogP) is 2.45. The first-order chi connectivity index (χ1) is 9.10. The summed E-state index contributed by atoms with van der Waals surface area (Å²) >= 11 is 5.44. The molecule has 0 bridgehead atoms. The Bertz CT molecular complexity index is 469. The number of hydrogen-bond acceptors (Lipinski definition) is 2. The minimum absolute atomic E-state index is 0.0418. The van der Waals surface area contributed by atoms with Crippen LogP contribution < -0.4 is 10.6 Å². The van der Waals surface area contributed by atoms with Crippen LogP contribution in [0.15, 0.2) is 24.3 Å². The van der Waals surface area contributed by atoms with Gasteiger partial charge in [-0.3, -0.25) is 9.59 Å². The van der Waals surface area contributed by atoms with Gasteiger partial charge in [0.05, 0.1) is 6.04 Å². The molecule has 1 fully saturated rings. The van der Waals surface area contributed by atoms with Gasteiger partial charge in [0.15, 0.2) is 0 Å². The summed E-state index contributed by atoms with van der Waals surface area (Å²) in [5.74, 6) is 0.0537. The monoisotopic (exact) mass is 280 g/mol. The second kappa shape index (κ2) is 6.06. The molecule has 4 nitrogen and oxygen atoms in total. The lowest BCUT2D eigenvalue weighted by Gasteiger charge is -2.14. The minimum Gasteiger partial charge on any atom is -0.349 e. The van der Waals surface area contributed by atoms with Crippen LogP contribution in [0.1, 0.15) is 31.4 Å². The van der Waals surface area contributed by atoms with Crippen molar-refractivity contribution < 1.29 is 9.59 Å². The lowest BCUT2D eigenvalue weighted by atomic mass is 10.1. The van der Waals surface area contributed by atoms with E-state index in [-0.39, 0.29) is 29.7 Å². The van der Waals surface area contributed by atoms with E-state index in [1.54, 1.807) is 0 Å². The van der Waals surface area contributed by atoms with Crippen molar-refractivity contribution in [3.8, 4) is 0 Å². The normalized spacial score (nSPS) is 15.7. The zero-order valence-corrected chi connectivity index (χ0v) is 11.5. The van der Waals surface area contributed by atoms with E-state index in [1.807, 2.05) is 31.2 Å². The van der Waals surface area contributed by atoms with Gasteiger partial charge in [-0.2, -0.15) is 0 Å². The van der Waals surface area contributed by atoms with E-state index >= 15 is 0 Å². The molecular weight excluding hydrogens is 264 g/mol. The number of hydrogen-bond donors (Lipinski definition) is 2. The molecule has 1 aliphatic carbocycles. The van der Waals surface area contributed by atoms with Crippen LogP contribution in [0, 0.1) is 5.92 Å². The molecule has 0 saturated heterocycles. The highest BCUT2D eigenvalue weighted by atomic mass is 35.5. The molecule has 2 N–H and O–H groups in total. The van der Waals surface area contributed by atoms with Crippen LogP contribution >= 0.6 is 11.6 Å². The van der Waals surface area contributed by atoms with E-state index in [2.05, 4.69) is 10.6 Å². The Hall–Kier alpha value is -1.55. The van der Waals surface area contributed by atoms with Crippen molar-refractivity contribution in [1.82, 2.24) is 5.32 Å². The average molecular weight is 281 g/mol. The fourth-order valence-electron chi connectivity index (χ4n) is 1.81. The number of halogens is 1. The van der Waals surface area contributed by atoms with Gasteiger partial charge in [-0.05, 0) is 37.5 Å². The molecule has 1 aromatic rings. The Labute approximate surface area is 117 Å². The maximum Gasteiger partial charge on any atom is 0.235 e. The van der Waals surface area contributed by atoms with E-state index in [1.165, 1.54) is 0 Å². The zero-order chi connectivity index (χ0) is 13.8. The number of anilines is 1. The van der Waals surface area contributed by atoms with Crippen molar-refractivity contribution in [3.05, 3.63) is 29.8 Å². The van der Waals surface area contributed by atoms with Crippen LogP contribution in [0.5, 0.6) is 0 Å². The number of nitrogens with one attached hydrogen (secondary N) is 2. The molecule has 1 saturated carbocycles. The van der Waals surface area contributed by atoms with Crippen molar-refractivity contribution >= 4 is 29.1 Å². The molecule has 5 heteroatoms. The van der Waals surface area contributed by atoms with Gasteiger partial charge in [-0.25, -0.2) is 0 Å². The molecule has 19 heavy (non-hydrogen) atoms. The molecule has 1 atom stereocenters. The van der Waals surface area contributed by atoms with Gasteiger partial charge >= 0.3 is 0 Å². The van der Waals surface area contributed by atoms with Gasteiger partial charge in [0.1, 0.15) is 5.88 Å². The maximum absolute atomic E-state index is 11.6. The van der Waals surface area contributed by atoms with Gasteiger partial charge in [0.25, 0.3) is 0 Å². The third-order valence-electron chi connectivity index (χ3n) is 3.13. The number of carbonyl (C=O) groups is 2. The highest BCUT2D eigenvalue weighted by molar-refractivity contribution is 6.27. The first kappa shape index (κ1) is 13.9. The Morgan fingerprint density at radius 1 is 1.32 bits per heavy atom. The largest absolute Gasteiger partial charge is 0.349 e. The molecule has 1 unspecified atom stereocenters. The number of carbonyl (C=O) groups excluding carboxylic acids is 2. The second-order valence-corrected chi connectivity index (χ2v) is 5.08. The fourth-order valence-corrected chi connectivity index (χ4v) is 1.89. The summed E-state index contributed by atoms with van der Waals surface area (Å²) in [5.41, 5.74) is 1.76. The number of amides is 2. The van der Waals surface area contributed by atoms with Crippen molar-refractivity contribution in [2.75, 3.05) is 11.2 Å². The highest BCUT2D eigenvalue weighted by Gasteiger charge is 2.29. The zero-order valence-electron chi connectivity index (χ0n) is 10.8. The smallest absolute Gasteiger partial charge is 0.235 e. The molecule has 102 valence electrons. The quantitative estimate of drug-likeness (QED) is 0.814. The van der Waals surface area contributed by atoms with Crippen molar-refractivity contribution in [2.24, 2.45) is 5.92 Å². The summed E-state index contributed by atoms with van der Waals surface area (Å²) in [6.07, 6.45) is 1.98. The van der Waals surface area contributed by atoms with E-state index in [4.69, 9.17) is 11.6 Å². The molecule has 2 amide bonds. The second-order valence-electron chi connectivity index (χ2n) is 4.81. The standard InChI is InChI=1S/C14H17ClN2O2/c1-9(16-13(18)8-15)10-4-6-12(7-5-10)17-14(19)11-2-3-11/h4-7,9,11H,2-3,8H2,1H3,(H,16,18)(H,17,19). The van der Waals surface area contributed by atoms with Crippen LogP contribution in [0.25, 0.3) is 0 Å². The summed E-state index contributed by atoms with van der Waals surface area (Å²) in [7, 11) is 0. The van der Waals surface area contributed by atoms with Crippen molar-refractivity contribution in [3.63, 3.8) is 0 Å². The molecule has 0 aliphatic heterocycles. The molecule has 0 radical (unpaired) electrons. The maximum atomic E-state index is 11.6. The van der Waals surface area contributed by atoms with Crippen molar-refractivity contribution in [2.45, 2.75) is 25.8 Å². The summed E-state index contributed by atoms with van der Waals surface area (Å²) in [5, 5.41) is 5.65. The Morgan fingerprint density at radius 2 is 1.95 bits per heavy atom. The van der Waals surface area contributed by atoms with Gasteiger partial charge in [-0.15, -0.1) is 11.6 Å². The predicted molar refractivity (Wildman–Crippen MR) is 75.1 cm³/mol. The summed E-state index contributed by atoms with van der Waals surface area (Å²) < 4.78 is 0. The number of alkyl halides is 1. The molecule has 0 spiro atoms. The molecule has 1 aromatic carbocycles. The lowest BCUT2D eigenvalue weighted by molar-refractivity contribution is -0.119. The van der Waals surface area contributed by atoms with E-state index in [0.717, 1.165) is 24.1 Å². The first-order valence-electron chi connectivity index (χ1n) is 6.36. The highest BCUT2D eigenvalue weighted by Crippen LogP contribution is 2.30. The van der Waals surface area contributed by atoms with Crippen LogP contribution in [-0.2, 0) is 9.59 Å². The first-order valence-corrected chi connectivity index (χ1v) is 6.89. The fraction of sp³-hybridized carbons (Fsp3) is 0.429. The Balaban J connectivity index is 1.93. The number of rotatable bonds is 5. The van der Waals surface area contributed by atoms with E-state index in [9.17, 15) is 9.59 Å². The molecule has 2 rings (SSSR count). The lowest BCUT2D eigenvalue weighted by Crippen LogP contribution is -2.27. The average Bonchev–Trinajstić information content (AvgIpc) is 3.23. The van der Waals surface area contributed by atoms with Crippen LogP contribution in [0.2, 0.25) is 0 Å². The van der Waals surface area contributed by atoms with Crippen molar-refractivity contribution in [1.29, 1.82) is 0 Å². The SMILES string of the molecule is CC(NC(=O)CCl)c1ccc(NC(=O)C2CC2)cc1. The number of benzene rings is 1. The third-order valence-corrected chi connectivity index (χ3v) is 3.37. The third kappa shape index (κ3) is 3.96. The molecule has 0 aromatic heterocycles. The summed E-state index contributed by atoms with van der Waals surface area (Å²) in [6, 6.07) is 7.38. The molecule has 0 heterocycles. The van der Waals surface area contributed by atoms with E-state index in [0.29, 0.717) is 0 Å². The van der Waals surface area contributed by atoms with Crippen LogP contribution in [-0.4, -0.2) is 17.7 Å². The summed E-state index contributed by atoms with van der Waals surface area (Å²) in [4.78, 5) is 22.8. The minimum atomic E-state index is -0.194. The molecule has 1 aliphatic rings. The van der Waals surface area contributed by atoms with Gasteiger partial charge in [0.2, 0.25) is 11.8 Å². The van der Waals surface area contributed by atoms with Crippen LogP contribution in [0.4, 0.5) is 5.69 Å². The Kier molecular flexibility index (Phi) is 4.43. The summed E-state index contributed by atoms with van der Waals surface area (Å²) in [6.45, 7) is 1.89. The Morgan fingerprint density at radius 3 is 2.47 bits per heavy atom. The van der Waals surface area contributed by atoms with Gasteiger partial charge in [-0.1, -0.05) is 12.1 Å². The topological polar surface area (TPSA) is 58.2 Å². The van der Waals surface area contributed by atoms with Gasteiger partial charge < -0.3 is 10.6 Å². The van der Waals surface area contributed by atoms with E-state index < -0.39 is 0 Å².